The van der Waals surface area contributed by atoms with Crippen LogP contribution in [0.2, 0.25) is 0 Å². The highest BCUT2D eigenvalue weighted by molar-refractivity contribution is 5.85. The zero-order chi connectivity index (χ0) is 12.4. The third kappa shape index (κ3) is 2.84. The number of nitrogens with zero attached hydrogens (tertiary/aromatic N) is 2. The minimum absolute atomic E-state index is 0. The van der Waals surface area contributed by atoms with Crippen LogP contribution in [0, 0.1) is 11.3 Å². The molecule has 0 radical (unpaired) electrons. The lowest BCUT2D eigenvalue weighted by Gasteiger charge is -2.29. The highest BCUT2D eigenvalue weighted by Gasteiger charge is 2.28. The van der Waals surface area contributed by atoms with Crippen molar-refractivity contribution in [2.75, 3.05) is 39.3 Å². The number of nitrogens with one attached hydrogen (secondary N) is 1. The van der Waals surface area contributed by atoms with Gasteiger partial charge >= 0.3 is 0 Å². The summed E-state index contributed by atoms with van der Waals surface area (Å²) in [5.41, 5.74) is 1.86. The molecular weight excluding hydrogens is 262 g/mol. The van der Waals surface area contributed by atoms with E-state index in [1.807, 2.05) is 12.1 Å². The van der Waals surface area contributed by atoms with E-state index in [2.05, 4.69) is 22.4 Å². The van der Waals surface area contributed by atoms with Gasteiger partial charge in [-0.2, -0.15) is 5.26 Å². The van der Waals surface area contributed by atoms with Crippen molar-refractivity contribution in [2.24, 2.45) is 0 Å². The first-order chi connectivity index (χ1) is 8.88. The van der Waals surface area contributed by atoms with E-state index >= 15 is 0 Å². The predicted octanol–water partition coefficient (Wildman–Crippen LogP) is 1.36. The lowest BCUT2D eigenvalue weighted by Crippen LogP contribution is -2.45. The van der Waals surface area contributed by atoms with Gasteiger partial charge in [0, 0.05) is 44.2 Å². The summed E-state index contributed by atoms with van der Waals surface area (Å²) in [5.74, 6) is 1.21. The van der Waals surface area contributed by atoms with Crippen LogP contribution in [-0.4, -0.2) is 44.2 Å². The summed E-state index contributed by atoms with van der Waals surface area (Å²) < 4.78 is 5.71. The Morgan fingerprint density at radius 2 is 2.16 bits per heavy atom. The maximum atomic E-state index is 9.06. The van der Waals surface area contributed by atoms with Crippen LogP contribution in [0.1, 0.15) is 17.0 Å². The summed E-state index contributed by atoms with van der Waals surface area (Å²) in [6, 6.07) is 8.08. The van der Waals surface area contributed by atoms with Gasteiger partial charge in [-0.1, -0.05) is 12.1 Å². The molecule has 2 aliphatic rings. The lowest BCUT2D eigenvalue weighted by atomic mass is 9.98. The molecule has 0 aromatic heterocycles. The molecule has 0 amide bonds. The number of benzene rings is 1. The third-order valence-electron chi connectivity index (χ3n) is 3.72. The molecule has 0 bridgehead atoms. The minimum Gasteiger partial charge on any atom is -0.491 e. The number of piperazine rings is 1. The van der Waals surface area contributed by atoms with Gasteiger partial charge in [0.25, 0.3) is 0 Å². The zero-order valence-electron chi connectivity index (χ0n) is 10.8. The Hall–Kier alpha value is -1.28. The smallest absolute Gasteiger partial charge is 0.140 e. The summed E-state index contributed by atoms with van der Waals surface area (Å²) in [7, 11) is 0. The van der Waals surface area contributed by atoms with Gasteiger partial charge in [0.05, 0.1) is 12.2 Å². The first kappa shape index (κ1) is 14.1. The summed E-state index contributed by atoms with van der Waals surface area (Å²) in [5, 5.41) is 12.4. The normalized spacial score (nSPS) is 21.9. The number of para-hydroxylation sites is 1. The monoisotopic (exact) mass is 279 g/mol. The average Bonchev–Trinajstić information content (AvgIpc) is 2.83. The molecule has 0 spiro atoms. The Kier molecular flexibility index (Phi) is 4.65. The van der Waals surface area contributed by atoms with E-state index in [0.29, 0.717) is 18.1 Å². The van der Waals surface area contributed by atoms with Crippen molar-refractivity contribution in [3.8, 4) is 11.8 Å². The molecule has 0 aliphatic carbocycles. The molecule has 19 heavy (non-hydrogen) atoms. The van der Waals surface area contributed by atoms with Gasteiger partial charge in [0.1, 0.15) is 11.8 Å². The number of hydrogen-bond acceptors (Lipinski definition) is 4. The fraction of sp³-hybridized carbons (Fsp3) is 0.500. The number of fused-ring (bicyclic) bond motifs is 1. The van der Waals surface area contributed by atoms with Crippen LogP contribution in [0.4, 0.5) is 0 Å². The molecule has 102 valence electrons. The SMILES string of the molecule is Cl.N#Cc1cccc2c1OCC2CN1CCNCC1. The molecule has 1 aromatic carbocycles. The van der Waals surface area contributed by atoms with E-state index in [0.717, 1.165) is 38.5 Å². The van der Waals surface area contributed by atoms with Gasteiger partial charge in [-0.05, 0) is 6.07 Å². The van der Waals surface area contributed by atoms with Crippen molar-refractivity contribution in [1.29, 1.82) is 5.26 Å². The lowest BCUT2D eigenvalue weighted by molar-refractivity contribution is 0.211. The summed E-state index contributed by atoms with van der Waals surface area (Å²) in [4.78, 5) is 2.47. The first-order valence-electron chi connectivity index (χ1n) is 6.47. The predicted molar refractivity (Wildman–Crippen MR) is 76.0 cm³/mol. The van der Waals surface area contributed by atoms with Crippen molar-refractivity contribution in [3.05, 3.63) is 29.3 Å². The van der Waals surface area contributed by atoms with Gasteiger partial charge in [-0.15, -0.1) is 12.4 Å². The van der Waals surface area contributed by atoms with Crippen LogP contribution in [0.3, 0.4) is 0 Å². The van der Waals surface area contributed by atoms with Crippen molar-refractivity contribution in [3.63, 3.8) is 0 Å². The largest absolute Gasteiger partial charge is 0.491 e. The molecular formula is C14H18ClN3O. The molecule has 5 heteroatoms. The number of ether oxygens (including phenoxy) is 1. The van der Waals surface area contributed by atoms with Gasteiger partial charge < -0.3 is 15.0 Å². The Balaban J connectivity index is 0.00000133. The molecule has 2 heterocycles. The van der Waals surface area contributed by atoms with Crippen molar-refractivity contribution in [1.82, 2.24) is 10.2 Å². The number of halogens is 1. The molecule has 4 nitrogen and oxygen atoms in total. The Morgan fingerprint density at radius 3 is 2.89 bits per heavy atom. The van der Waals surface area contributed by atoms with E-state index in [-0.39, 0.29) is 12.4 Å². The number of nitriles is 1. The minimum atomic E-state index is 0. The second-order valence-electron chi connectivity index (χ2n) is 4.89. The van der Waals surface area contributed by atoms with Crippen LogP contribution in [0.25, 0.3) is 0 Å². The van der Waals surface area contributed by atoms with Crippen LogP contribution in [-0.2, 0) is 0 Å². The molecule has 1 fully saturated rings. The van der Waals surface area contributed by atoms with Crippen LogP contribution >= 0.6 is 12.4 Å². The van der Waals surface area contributed by atoms with Gasteiger partial charge in [-0.3, -0.25) is 0 Å². The quantitative estimate of drug-likeness (QED) is 0.888. The molecule has 1 aromatic rings. The van der Waals surface area contributed by atoms with Crippen LogP contribution in [0.5, 0.6) is 5.75 Å². The second kappa shape index (κ2) is 6.25. The molecule has 1 N–H and O–H groups in total. The van der Waals surface area contributed by atoms with Crippen molar-refractivity contribution in [2.45, 2.75) is 5.92 Å². The average molecular weight is 280 g/mol. The molecule has 1 atom stereocenters. The van der Waals surface area contributed by atoms with E-state index < -0.39 is 0 Å². The number of hydrogen-bond donors (Lipinski definition) is 1. The summed E-state index contributed by atoms with van der Waals surface area (Å²) >= 11 is 0. The fourth-order valence-corrected chi connectivity index (χ4v) is 2.76. The molecule has 3 rings (SSSR count). The first-order valence-corrected chi connectivity index (χ1v) is 6.47. The topological polar surface area (TPSA) is 48.3 Å². The fourth-order valence-electron chi connectivity index (χ4n) is 2.76. The Bertz CT molecular complexity index is 480. The molecule has 1 unspecified atom stereocenters. The number of rotatable bonds is 2. The maximum Gasteiger partial charge on any atom is 0.140 e. The highest BCUT2D eigenvalue weighted by atomic mass is 35.5. The Labute approximate surface area is 119 Å². The van der Waals surface area contributed by atoms with Gasteiger partial charge in [0.15, 0.2) is 0 Å². The van der Waals surface area contributed by atoms with Crippen LogP contribution in [0.15, 0.2) is 18.2 Å². The van der Waals surface area contributed by atoms with E-state index in [1.54, 1.807) is 0 Å². The summed E-state index contributed by atoms with van der Waals surface area (Å²) in [6.45, 7) is 6.08. The van der Waals surface area contributed by atoms with E-state index in [4.69, 9.17) is 10.00 Å². The third-order valence-corrected chi connectivity index (χ3v) is 3.72. The van der Waals surface area contributed by atoms with E-state index in [1.165, 1.54) is 5.56 Å². The Morgan fingerprint density at radius 1 is 1.37 bits per heavy atom. The van der Waals surface area contributed by atoms with Crippen molar-refractivity contribution < 1.29 is 4.74 Å². The molecule has 2 aliphatic heterocycles. The maximum absolute atomic E-state index is 9.06. The van der Waals surface area contributed by atoms with Gasteiger partial charge in [0.2, 0.25) is 0 Å². The molecule has 0 saturated carbocycles. The standard InChI is InChI=1S/C14H17N3O.ClH/c15-8-11-2-1-3-13-12(10-18-14(11)13)9-17-6-4-16-5-7-17;/h1-3,12,16H,4-7,9-10H2;1H. The van der Waals surface area contributed by atoms with E-state index in [9.17, 15) is 0 Å². The summed E-state index contributed by atoms with van der Waals surface area (Å²) in [6.07, 6.45) is 0. The highest BCUT2D eigenvalue weighted by Crippen LogP contribution is 2.36. The zero-order valence-corrected chi connectivity index (χ0v) is 11.6. The van der Waals surface area contributed by atoms with Crippen LogP contribution < -0.4 is 10.1 Å². The molecule has 1 saturated heterocycles. The second-order valence-corrected chi connectivity index (χ2v) is 4.89. The van der Waals surface area contributed by atoms with Gasteiger partial charge in [-0.25, -0.2) is 0 Å². The van der Waals surface area contributed by atoms with Crippen molar-refractivity contribution >= 4 is 12.4 Å².